The summed E-state index contributed by atoms with van der Waals surface area (Å²) in [5.41, 5.74) is 0. The lowest BCUT2D eigenvalue weighted by Crippen LogP contribution is -2.54. The van der Waals surface area contributed by atoms with Crippen LogP contribution in [-0.2, 0) is 20.2 Å². The second-order valence-corrected chi connectivity index (χ2v) is 12.4. The summed E-state index contributed by atoms with van der Waals surface area (Å²) in [4.78, 5) is 6.49. The van der Waals surface area contributed by atoms with Gasteiger partial charge in [0, 0.05) is 51.5 Å². The van der Waals surface area contributed by atoms with Crippen LogP contribution in [-0.4, -0.2) is 75.7 Å². The van der Waals surface area contributed by atoms with Gasteiger partial charge in [-0.05, 0) is 37.8 Å². The zero-order valence-electron chi connectivity index (χ0n) is 19.4. The molecule has 1 aliphatic carbocycles. The predicted octanol–water partition coefficient (Wildman–Crippen LogP) is 2.18. The molecule has 32 heavy (non-hydrogen) atoms. The molecule has 1 N–H and O–H groups in total. The van der Waals surface area contributed by atoms with Crippen LogP contribution < -0.4 is 9.62 Å². The summed E-state index contributed by atoms with van der Waals surface area (Å²) in [5.74, 6) is 0.657. The van der Waals surface area contributed by atoms with E-state index in [1.807, 2.05) is 18.7 Å². The fraction of sp³-hybridized carbons (Fsp3) is 0.762. The molecule has 0 bridgehead atoms. The predicted molar refractivity (Wildman–Crippen MR) is 126 cm³/mol. The molecule has 11 heteroatoms. The van der Waals surface area contributed by atoms with E-state index >= 15 is 0 Å². The highest BCUT2D eigenvalue weighted by Gasteiger charge is 2.34. The third kappa shape index (κ3) is 5.80. The first-order valence-corrected chi connectivity index (χ1v) is 14.5. The average molecular weight is 488 g/mol. The Bertz CT molecular complexity index is 935. The molecule has 1 aliphatic heterocycles. The van der Waals surface area contributed by atoms with E-state index < -0.39 is 20.2 Å². The van der Waals surface area contributed by atoms with Crippen molar-refractivity contribution >= 4 is 26.1 Å². The van der Waals surface area contributed by atoms with E-state index in [1.165, 1.54) is 12.6 Å². The second kappa shape index (κ2) is 10.8. The molecule has 2 heterocycles. The fourth-order valence-electron chi connectivity index (χ4n) is 4.42. The van der Waals surface area contributed by atoms with E-state index in [1.54, 1.807) is 27.8 Å². The molecule has 1 saturated heterocycles. The first-order chi connectivity index (χ1) is 15.2. The summed E-state index contributed by atoms with van der Waals surface area (Å²) in [7, 11) is -5.38. The molecule has 0 aromatic carbocycles. The molecule has 0 unspecified atom stereocenters. The minimum absolute atomic E-state index is 0.0940. The number of hydrogen-bond donors (Lipinski definition) is 1. The molecule has 1 aromatic rings. The van der Waals surface area contributed by atoms with Crippen LogP contribution in [0.25, 0.3) is 0 Å². The van der Waals surface area contributed by atoms with Crippen LogP contribution in [0.1, 0.15) is 58.8 Å². The van der Waals surface area contributed by atoms with Crippen LogP contribution in [0, 0.1) is 0 Å². The number of rotatable bonds is 9. The Morgan fingerprint density at radius 3 is 2.19 bits per heavy atom. The van der Waals surface area contributed by atoms with Crippen LogP contribution >= 0.6 is 0 Å². The van der Waals surface area contributed by atoms with Gasteiger partial charge < -0.3 is 4.90 Å². The van der Waals surface area contributed by atoms with Gasteiger partial charge in [0.2, 0.25) is 10.0 Å². The van der Waals surface area contributed by atoms with Gasteiger partial charge in [-0.3, -0.25) is 0 Å². The first kappa shape index (κ1) is 25.4. The van der Waals surface area contributed by atoms with Gasteiger partial charge in [0.1, 0.15) is 10.7 Å². The molecule has 2 fully saturated rings. The SMILES string of the molecule is CCC(CC)NS(=O)(=O)c1ccc(N2CCN(S(=O)(=O)N(C)C3CCCCC3)CC2)nc1. The lowest BCUT2D eigenvalue weighted by Gasteiger charge is -2.39. The molecular weight excluding hydrogens is 450 g/mol. The number of sulfonamides is 1. The van der Waals surface area contributed by atoms with E-state index in [9.17, 15) is 16.8 Å². The highest BCUT2D eigenvalue weighted by Crippen LogP contribution is 2.26. The molecule has 1 saturated carbocycles. The standard InChI is InChI=1S/C21H37N5O4S2/c1-4-18(5-2)23-31(27,28)20-11-12-21(22-17-20)25-13-15-26(16-14-25)32(29,30)24(3)19-9-7-6-8-10-19/h11-12,17-19,23H,4-10,13-16H2,1-3H3. The zero-order valence-corrected chi connectivity index (χ0v) is 21.0. The molecule has 0 spiro atoms. The Labute approximate surface area is 193 Å². The van der Waals surface area contributed by atoms with Crippen LogP contribution in [0.3, 0.4) is 0 Å². The lowest BCUT2D eigenvalue weighted by atomic mass is 9.96. The van der Waals surface area contributed by atoms with Crippen molar-refractivity contribution in [3.8, 4) is 0 Å². The van der Waals surface area contributed by atoms with Crippen LogP contribution in [0.4, 0.5) is 5.82 Å². The van der Waals surface area contributed by atoms with Crippen LogP contribution in [0.2, 0.25) is 0 Å². The van der Waals surface area contributed by atoms with Gasteiger partial charge in [-0.15, -0.1) is 0 Å². The van der Waals surface area contributed by atoms with Gasteiger partial charge in [0.15, 0.2) is 0 Å². The number of nitrogens with one attached hydrogen (secondary N) is 1. The van der Waals surface area contributed by atoms with Crippen molar-refractivity contribution < 1.29 is 16.8 Å². The molecule has 2 aliphatic rings. The minimum Gasteiger partial charge on any atom is -0.354 e. The number of hydrogen-bond acceptors (Lipinski definition) is 6. The van der Waals surface area contributed by atoms with E-state index in [0.29, 0.717) is 32.0 Å². The monoisotopic (exact) mass is 487 g/mol. The van der Waals surface area contributed by atoms with Gasteiger partial charge in [-0.1, -0.05) is 33.1 Å². The summed E-state index contributed by atoms with van der Waals surface area (Å²) in [6.45, 7) is 5.70. The highest BCUT2D eigenvalue weighted by molar-refractivity contribution is 7.89. The maximum Gasteiger partial charge on any atom is 0.282 e. The van der Waals surface area contributed by atoms with Crippen LogP contribution in [0.15, 0.2) is 23.2 Å². The molecule has 182 valence electrons. The Balaban J connectivity index is 1.60. The number of nitrogens with zero attached hydrogens (tertiary/aromatic N) is 4. The Kier molecular flexibility index (Phi) is 8.53. The third-order valence-corrected chi connectivity index (χ3v) is 10.2. The van der Waals surface area contributed by atoms with Gasteiger partial charge in [0.25, 0.3) is 10.2 Å². The lowest BCUT2D eigenvalue weighted by molar-refractivity contribution is 0.259. The van der Waals surface area contributed by atoms with Gasteiger partial charge in [0.05, 0.1) is 0 Å². The largest absolute Gasteiger partial charge is 0.354 e. The molecule has 0 amide bonds. The van der Waals surface area contributed by atoms with Crippen molar-refractivity contribution in [2.75, 3.05) is 38.1 Å². The van der Waals surface area contributed by atoms with Crippen molar-refractivity contribution in [2.24, 2.45) is 0 Å². The van der Waals surface area contributed by atoms with E-state index in [2.05, 4.69) is 9.71 Å². The summed E-state index contributed by atoms with van der Waals surface area (Å²) in [6, 6.07) is 3.25. The van der Waals surface area contributed by atoms with E-state index in [-0.39, 0.29) is 17.0 Å². The number of anilines is 1. The molecular formula is C21H37N5O4S2. The third-order valence-electron chi connectivity index (χ3n) is 6.68. The fourth-order valence-corrected chi connectivity index (χ4v) is 7.35. The molecule has 9 nitrogen and oxygen atoms in total. The van der Waals surface area contributed by atoms with Crippen LogP contribution in [0.5, 0.6) is 0 Å². The number of piperazine rings is 1. The maximum atomic E-state index is 13.1. The number of aromatic nitrogens is 1. The van der Waals surface area contributed by atoms with Crippen molar-refractivity contribution in [1.29, 1.82) is 0 Å². The smallest absolute Gasteiger partial charge is 0.282 e. The Morgan fingerprint density at radius 2 is 1.66 bits per heavy atom. The summed E-state index contributed by atoms with van der Waals surface area (Å²) in [5, 5.41) is 0. The van der Waals surface area contributed by atoms with Gasteiger partial charge in [-0.25, -0.2) is 18.1 Å². The topological polar surface area (TPSA) is 103 Å². The summed E-state index contributed by atoms with van der Waals surface area (Å²) >= 11 is 0. The van der Waals surface area contributed by atoms with Gasteiger partial charge in [-0.2, -0.15) is 17.0 Å². The first-order valence-electron chi connectivity index (χ1n) is 11.7. The zero-order chi connectivity index (χ0) is 23.4. The van der Waals surface area contributed by atoms with Crippen molar-refractivity contribution in [3.63, 3.8) is 0 Å². The molecule has 0 radical (unpaired) electrons. The van der Waals surface area contributed by atoms with Crippen molar-refractivity contribution in [3.05, 3.63) is 18.3 Å². The average Bonchev–Trinajstić information content (AvgIpc) is 2.82. The number of pyridine rings is 1. The minimum atomic E-state index is -3.60. The molecule has 0 atom stereocenters. The highest BCUT2D eigenvalue weighted by atomic mass is 32.2. The Morgan fingerprint density at radius 1 is 1.03 bits per heavy atom. The Hall–Kier alpha value is -1.27. The molecule has 3 rings (SSSR count). The molecule has 1 aromatic heterocycles. The maximum absolute atomic E-state index is 13.1. The van der Waals surface area contributed by atoms with Crippen molar-refractivity contribution in [1.82, 2.24) is 18.3 Å². The summed E-state index contributed by atoms with van der Waals surface area (Å²) in [6.07, 6.45) is 8.05. The quantitative estimate of drug-likeness (QED) is 0.573. The van der Waals surface area contributed by atoms with E-state index in [4.69, 9.17) is 0 Å². The van der Waals surface area contributed by atoms with Crippen molar-refractivity contribution in [2.45, 2.75) is 75.8 Å². The van der Waals surface area contributed by atoms with Gasteiger partial charge >= 0.3 is 0 Å². The van der Waals surface area contributed by atoms with E-state index in [0.717, 1.165) is 38.5 Å². The normalized spacial score (nSPS) is 19.7. The summed E-state index contributed by atoms with van der Waals surface area (Å²) < 4.78 is 57.1. The second-order valence-electron chi connectivity index (χ2n) is 8.69.